The van der Waals surface area contributed by atoms with Gasteiger partial charge in [-0.1, -0.05) is 6.07 Å². The number of nitrogen functional groups attached to an aromatic ring is 1. The van der Waals surface area contributed by atoms with Crippen molar-refractivity contribution in [1.82, 2.24) is 10.6 Å². The second kappa shape index (κ2) is 5.85. The Bertz CT molecular complexity index is 445. The van der Waals surface area contributed by atoms with Crippen LogP contribution in [-0.4, -0.2) is 25.1 Å². The van der Waals surface area contributed by atoms with Crippen molar-refractivity contribution in [2.75, 3.05) is 12.8 Å². The number of halogens is 1. The minimum absolute atomic E-state index is 0.0783. The van der Waals surface area contributed by atoms with Gasteiger partial charge in [-0.2, -0.15) is 0 Å². The molecular weight excluding hydrogens is 241 g/mol. The third-order valence-electron chi connectivity index (χ3n) is 2.13. The van der Waals surface area contributed by atoms with Crippen LogP contribution in [0.5, 0.6) is 5.75 Å². The fourth-order valence-electron chi connectivity index (χ4n) is 1.16. The number of benzene rings is 1. The van der Waals surface area contributed by atoms with Crippen molar-refractivity contribution in [3.05, 3.63) is 24.0 Å². The highest BCUT2D eigenvalue weighted by atomic mass is 19.1. The molecule has 0 aliphatic carbocycles. The molecule has 4 N–H and O–H groups in total. The van der Waals surface area contributed by atoms with Crippen LogP contribution in [0, 0.1) is 5.82 Å². The molecule has 0 aromatic heterocycles. The molecule has 1 aromatic rings. The van der Waals surface area contributed by atoms with Crippen molar-refractivity contribution in [3.63, 3.8) is 0 Å². The maximum atomic E-state index is 13.4. The number of hydrogen-bond acceptors (Lipinski definition) is 4. The third kappa shape index (κ3) is 3.34. The summed E-state index contributed by atoms with van der Waals surface area (Å²) in [7, 11) is 1.36. The zero-order chi connectivity index (χ0) is 13.7. The predicted octanol–water partition coefficient (Wildman–Crippen LogP) is 0.631. The second-order valence-electron chi connectivity index (χ2n) is 3.49. The van der Waals surface area contributed by atoms with Crippen molar-refractivity contribution in [2.45, 2.75) is 13.0 Å². The average Bonchev–Trinajstić information content (AvgIpc) is 2.33. The number of ether oxygens (including phenoxy) is 1. The van der Waals surface area contributed by atoms with Crippen LogP contribution >= 0.6 is 0 Å². The van der Waals surface area contributed by atoms with E-state index < -0.39 is 23.9 Å². The van der Waals surface area contributed by atoms with Gasteiger partial charge >= 0.3 is 6.03 Å². The number of nitrogens with one attached hydrogen (secondary N) is 2. The summed E-state index contributed by atoms with van der Waals surface area (Å²) < 4.78 is 18.5. The summed E-state index contributed by atoms with van der Waals surface area (Å²) >= 11 is 0. The lowest BCUT2D eigenvalue weighted by atomic mass is 10.3. The van der Waals surface area contributed by atoms with Crippen LogP contribution in [0.4, 0.5) is 14.9 Å². The van der Waals surface area contributed by atoms with Gasteiger partial charge < -0.3 is 15.8 Å². The van der Waals surface area contributed by atoms with Crippen molar-refractivity contribution in [3.8, 4) is 5.75 Å². The van der Waals surface area contributed by atoms with Crippen LogP contribution in [-0.2, 0) is 4.79 Å². The zero-order valence-electron chi connectivity index (χ0n) is 9.99. The molecule has 0 spiro atoms. The molecule has 1 atom stereocenters. The summed E-state index contributed by atoms with van der Waals surface area (Å²) in [5.41, 5.74) is 5.60. The van der Waals surface area contributed by atoms with Crippen LogP contribution in [0.25, 0.3) is 0 Å². The molecular formula is C11H14FN3O3. The Morgan fingerprint density at radius 2 is 2.11 bits per heavy atom. The normalized spacial score (nSPS) is 11.5. The zero-order valence-corrected chi connectivity index (χ0v) is 9.99. The van der Waals surface area contributed by atoms with Gasteiger partial charge in [-0.25, -0.2) is 9.18 Å². The molecule has 0 aliphatic heterocycles. The van der Waals surface area contributed by atoms with Crippen LogP contribution < -0.4 is 21.1 Å². The predicted molar refractivity (Wildman–Crippen MR) is 63.5 cm³/mol. The molecule has 6 nitrogen and oxygen atoms in total. The van der Waals surface area contributed by atoms with Gasteiger partial charge in [0.15, 0.2) is 17.7 Å². The van der Waals surface area contributed by atoms with E-state index in [2.05, 4.69) is 5.32 Å². The summed E-state index contributed by atoms with van der Waals surface area (Å²) in [6, 6.07) is 3.36. The quantitative estimate of drug-likeness (QED) is 0.690. The van der Waals surface area contributed by atoms with Crippen molar-refractivity contribution < 1.29 is 18.7 Å². The van der Waals surface area contributed by atoms with Gasteiger partial charge in [-0.3, -0.25) is 10.1 Å². The minimum Gasteiger partial charge on any atom is -0.476 e. The summed E-state index contributed by atoms with van der Waals surface area (Å²) in [4.78, 5) is 22.4. The molecule has 0 aliphatic rings. The first-order chi connectivity index (χ1) is 8.45. The van der Waals surface area contributed by atoms with Gasteiger partial charge in [0.2, 0.25) is 0 Å². The molecule has 1 aromatic carbocycles. The summed E-state index contributed by atoms with van der Waals surface area (Å²) in [5, 5.41) is 4.22. The number of amides is 3. The number of nitrogens with two attached hydrogens (primary N) is 1. The first-order valence-electron chi connectivity index (χ1n) is 5.19. The Balaban J connectivity index is 2.72. The Labute approximate surface area is 103 Å². The lowest BCUT2D eigenvalue weighted by Gasteiger charge is -2.15. The number of imide groups is 1. The summed E-state index contributed by atoms with van der Waals surface area (Å²) in [6.07, 6.45) is -1.05. The van der Waals surface area contributed by atoms with Gasteiger partial charge in [0.25, 0.3) is 5.91 Å². The van der Waals surface area contributed by atoms with Crippen LogP contribution in [0.15, 0.2) is 18.2 Å². The van der Waals surface area contributed by atoms with Gasteiger partial charge in [-0.05, 0) is 19.1 Å². The lowest BCUT2D eigenvalue weighted by Crippen LogP contribution is -2.44. The molecule has 1 rings (SSSR count). The van der Waals surface area contributed by atoms with E-state index in [1.807, 2.05) is 5.32 Å². The molecule has 0 saturated heterocycles. The van der Waals surface area contributed by atoms with Crippen LogP contribution in [0.1, 0.15) is 6.92 Å². The van der Waals surface area contributed by atoms with Crippen LogP contribution in [0.2, 0.25) is 0 Å². The fraction of sp³-hybridized carbons (Fsp3) is 0.273. The van der Waals surface area contributed by atoms with Gasteiger partial charge in [0.05, 0.1) is 5.69 Å². The van der Waals surface area contributed by atoms with Gasteiger partial charge in [0, 0.05) is 7.05 Å². The monoisotopic (exact) mass is 255 g/mol. The van der Waals surface area contributed by atoms with Crippen molar-refractivity contribution in [1.29, 1.82) is 0 Å². The molecule has 0 bridgehead atoms. The number of para-hydroxylation sites is 1. The molecule has 0 radical (unpaired) electrons. The molecule has 7 heteroatoms. The lowest BCUT2D eigenvalue weighted by molar-refractivity contribution is -0.126. The third-order valence-corrected chi connectivity index (χ3v) is 2.13. The molecule has 3 amide bonds. The van der Waals surface area contributed by atoms with E-state index in [1.165, 1.54) is 26.1 Å². The van der Waals surface area contributed by atoms with E-state index >= 15 is 0 Å². The number of hydrogen-bond donors (Lipinski definition) is 3. The maximum Gasteiger partial charge on any atom is 0.321 e. The van der Waals surface area contributed by atoms with E-state index in [1.54, 1.807) is 0 Å². The number of rotatable bonds is 3. The smallest absolute Gasteiger partial charge is 0.321 e. The van der Waals surface area contributed by atoms with Gasteiger partial charge in [-0.15, -0.1) is 0 Å². The number of urea groups is 1. The SMILES string of the molecule is CNC(=O)NC(=O)C(C)Oc1c(N)cccc1F. The standard InChI is InChI=1S/C11H14FN3O3/c1-6(10(16)15-11(17)14-2)18-9-7(12)4-3-5-8(9)13/h3-6H,13H2,1-2H3,(H2,14,15,16,17). The molecule has 98 valence electrons. The second-order valence-corrected chi connectivity index (χ2v) is 3.49. The molecule has 0 fully saturated rings. The highest BCUT2D eigenvalue weighted by molar-refractivity contribution is 5.96. The first-order valence-corrected chi connectivity index (χ1v) is 5.19. The van der Waals surface area contributed by atoms with Crippen LogP contribution in [0.3, 0.4) is 0 Å². The Kier molecular flexibility index (Phi) is 4.47. The number of carbonyl (C=O) groups is 2. The Hall–Kier alpha value is -2.31. The van der Waals surface area contributed by atoms with Gasteiger partial charge in [0.1, 0.15) is 0 Å². The summed E-state index contributed by atoms with van der Waals surface area (Å²) in [6.45, 7) is 1.38. The highest BCUT2D eigenvalue weighted by Gasteiger charge is 2.19. The Morgan fingerprint density at radius 1 is 1.44 bits per heavy atom. The highest BCUT2D eigenvalue weighted by Crippen LogP contribution is 2.25. The largest absolute Gasteiger partial charge is 0.476 e. The van der Waals surface area contributed by atoms with E-state index in [0.717, 1.165) is 6.07 Å². The molecule has 0 heterocycles. The summed E-state index contributed by atoms with van der Waals surface area (Å²) in [5.74, 6) is -1.58. The number of anilines is 1. The van der Waals surface area contributed by atoms with Crippen molar-refractivity contribution >= 4 is 17.6 Å². The molecule has 1 unspecified atom stereocenters. The minimum atomic E-state index is -1.05. The van der Waals surface area contributed by atoms with E-state index in [0.29, 0.717) is 0 Å². The van der Waals surface area contributed by atoms with Crippen molar-refractivity contribution in [2.24, 2.45) is 0 Å². The van der Waals surface area contributed by atoms with E-state index in [-0.39, 0.29) is 11.4 Å². The van der Waals surface area contributed by atoms with E-state index in [9.17, 15) is 14.0 Å². The first kappa shape index (κ1) is 13.8. The molecule has 18 heavy (non-hydrogen) atoms. The molecule has 0 saturated carbocycles. The average molecular weight is 255 g/mol. The van der Waals surface area contributed by atoms with E-state index in [4.69, 9.17) is 10.5 Å². The fourth-order valence-corrected chi connectivity index (χ4v) is 1.16. The number of carbonyl (C=O) groups excluding carboxylic acids is 2. The maximum absolute atomic E-state index is 13.4. The topological polar surface area (TPSA) is 93.5 Å². The Morgan fingerprint density at radius 3 is 2.67 bits per heavy atom.